The van der Waals surface area contributed by atoms with Crippen LogP contribution < -0.4 is 5.32 Å². The molecule has 0 spiro atoms. The Balaban J connectivity index is 2.58. The van der Waals surface area contributed by atoms with Crippen molar-refractivity contribution in [2.75, 3.05) is 6.54 Å². The van der Waals surface area contributed by atoms with Crippen molar-refractivity contribution in [3.63, 3.8) is 0 Å². The molecule has 0 heterocycles. The van der Waals surface area contributed by atoms with Gasteiger partial charge in [0.05, 0.1) is 6.07 Å². The van der Waals surface area contributed by atoms with Crippen LogP contribution in [0, 0.1) is 23.1 Å². The Kier molecular flexibility index (Phi) is 4.68. The number of rotatable bonds is 4. The van der Waals surface area contributed by atoms with Gasteiger partial charge in [0, 0.05) is 12.6 Å². The molecule has 6 heteroatoms. The van der Waals surface area contributed by atoms with Gasteiger partial charge >= 0.3 is 6.18 Å². The summed E-state index contributed by atoms with van der Waals surface area (Å²) >= 11 is 0. The fourth-order valence-corrected chi connectivity index (χ4v) is 1.40. The molecule has 1 aromatic rings. The van der Waals surface area contributed by atoms with Crippen molar-refractivity contribution in [3.05, 3.63) is 35.6 Å². The van der Waals surface area contributed by atoms with Gasteiger partial charge in [-0.1, -0.05) is 12.1 Å². The lowest BCUT2D eigenvalue weighted by Crippen LogP contribution is -2.33. The highest BCUT2D eigenvalue weighted by Crippen LogP contribution is 2.25. The van der Waals surface area contributed by atoms with E-state index >= 15 is 0 Å². The van der Waals surface area contributed by atoms with Gasteiger partial charge in [-0.25, -0.2) is 4.39 Å². The molecule has 1 rings (SSSR count). The second-order valence-electron chi connectivity index (χ2n) is 3.90. The van der Waals surface area contributed by atoms with Crippen LogP contribution in [0.1, 0.15) is 18.5 Å². The largest absolute Gasteiger partial charge is 0.405 e. The molecule has 0 radical (unpaired) electrons. The van der Waals surface area contributed by atoms with Crippen molar-refractivity contribution < 1.29 is 17.6 Å². The maximum absolute atomic E-state index is 12.7. The summed E-state index contributed by atoms with van der Waals surface area (Å²) in [4.78, 5) is 0. The van der Waals surface area contributed by atoms with Crippen LogP contribution in [-0.4, -0.2) is 12.7 Å². The molecule has 0 bridgehead atoms. The molecule has 0 aromatic heterocycles. The molecular weight excluding hydrogens is 248 g/mol. The Morgan fingerprint density at radius 2 is 1.83 bits per heavy atom. The summed E-state index contributed by atoms with van der Waals surface area (Å²) in [6.07, 6.45) is -4.54. The zero-order valence-corrected chi connectivity index (χ0v) is 9.63. The highest BCUT2D eigenvalue weighted by atomic mass is 19.4. The van der Waals surface area contributed by atoms with Crippen LogP contribution in [0.15, 0.2) is 24.3 Å². The summed E-state index contributed by atoms with van der Waals surface area (Å²) in [5.41, 5.74) is 0.662. The molecule has 18 heavy (non-hydrogen) atoms. The molecule has 1 N–H and O–H groups in total. The fourth-order valence-electron chi connectivity index (χ4n) is 1.40. The van der Waals surface area contributed by atoms with E-state index in [-0.39, 0.29) is 6.04 Å². The smallest absolute Gasteiger partial charge is 0.309 e. The molecule has 0 saturated heterocycles. The van der Waals surface area contributed by atoms with E-state index in [0.717, 1.165) is 0 Å². The molecule has 1 unspecified atom stereocenters. The van der Waals surface area contributed by atoms with Gasteiger partial charge < -0.3 is 5.32 Å². The minimum absolute atomic E-state index is 0.385. The first-order chi connectivity index (χ1) is 8.34. The van der Waals surface area contributed by atoms with Gasteiger partial charge in [-0.15, -0.1) is 0 Å². The summed E-state index contributed by atoms with van der Waals surface area (Å²) in [6.45, 7) is 1.16. The van der Waals surface area contributed by atoms with E-state index in [4.69, 9.17) is 5.26 Å². The summed E-state index contributed by atoms with van der Waals surface area (Å²) < 4.78 is 49.6. The third kappa shape index (κ3) is 4.00. The van der Waals surface area contributed by atoms with E-state index < -0.39 is 24.5 Å². The van der Waals surface area contributed by atoms with Crippen LogP contribution in [-0.2, 0) is 0 Å². The maximum atomic E-state index is 12.7. The van der Waals surface area contributed by atoms with Gasteiger partial charge in [0.25, 0.3) is 0 Å². The maximum Gasteiger partial charge on any atom is 0.405 e. The SMILES string of the molecule is C[C@@H](NCC(C#N)C(F)(F)F)c1ccc(F)cc1. The molecule has 2 nitrogen and oxygen atoms in total. The number of nitriles is 1. The minimum Gasteiger partial charge on any atom is -0.309 e. The molecule has 0 aliphatic heterocycles. The number of nitrogens with one attached hydrogen (secondary N) is 1. The Labute approximate surface area is 102 Å². The van der Waals surface area contributed by atoms with Crippen molar-refractivity contribution in [2.24, 2.45) is 5.92 Å². The average molecular weight is 260 g/mol. The molecule has 2 atom stereocenters. The van der Waals surface area contributed by atoms with Crippen molar-refractivity contribution in [2.45, 2.75) is 19.1 Å². The van der Waals surface area contributed by atoms with Crippen molar-refractivity contribution in [3.8, 4) is 6.07 Å². The molecule has 0 fully saturated rings. The molecular formula is C12H12F4N2. The molecule has 0 aliphatic carbocycles. The Bertz CT molecular complexity index is 419. The van der Waals surface area contributed by atoms with E-state index in [0.29, 0.717) is 5.56 Å². The predicted molar refractivity (Wildman–Crippen MR) is 58.0 cm³/mol. The highest BCUT2D eigenvalue weighted by Gasteiger charge is 2.39. The predicted octanol–water partition coefficient (Wildman–Crippen LogP) is 3.18. The zero-order chi connectivity index (χ0) is 13.8. The number of benzene rings is 1. The van der Waals surface area contributed by atoms with Gasteiger partial charge in [-0.2, -0.15) is 18.4 Å². The molecule has 1 aromatic carbocycles. The normalized spacial score (nSPS) is 14.9. The summed E-state index contributed by atoms with van der Waals surface area (Å²) in [7, 11) is 0. The van der Waals surface area contributed by atoms with E-state index in [1.807, 2.05) is 0 Å². The van der Waals surface area contributed by atoms with Crippen molar-refractivity contribution in [1.82, 2.24) is 5.32 Å². The third-order valence-electron chi connectivity index (χ3n) is 2.55. The third-order valence-corrected chi connectivity index (χ3v) is 2.55. The molecule has 0 aliphatic rings. The van der Waals surface area contributed by atoms with E-state index in [9.17, 15) is 17.6 Å². The Morgan fingerprint density at radius 1 is 1.28 bits per heavy atom. The quantitative estimate of drug-likeness (QED) is 0.844. The number of alkyl halides is 3. The van der Waals surface area contributed by atoms with Gasteiger partial charge in [0.2, 0.25) is 0 Å². The minimum atomic E-state index is -4.54. The van der Waals surface area contributed by atoms with E-state index in [1.165, 1.54) is 30.3 Å². The number of nitrogens with zero attached hydrogens (tertiary/aromatic N) is 1. The first-order valence-corrected chi connectivity index (χ1v) is 5.29. The monoisotopic (exact) mass is 260 g/mol. The van der Waals surface area contributed by atoms with Crippen LogP contribution in [0.5, 0.6) is 0 Å². The number of hydrogen-bond acceptors (Lipinski definition) is 2. The van der Waals surface area contributed by atoms with Crippen molar-refractivity contribution in [1.29, 1.82) is 5.26 Å². The summed E-state index contributed by atoms with van der Waals surface area (Å²) in [5.74, 6) is -2.45. The van der Waals surface area contributed by atoms with Crippen LogP contribution in [0.25, 0.3) is 0 Å². The average Bonchev–Trinajstić information content (AvgIpc) is 2.28. The topological polar surface area (TPSA) is 35.8 Å². The number of halogens is 4. The van der Waals surface area contributed by atoms with Gasteiger partial charge in [-0.05, 0) is 24.6 Å². The van der Waals surface area contributed by atoms with Crippen LogP contribution in [0.3, 0.4) is 0 Å². The lowest BCUT2D eigenvalue weighted by Gasteiger charge is -2.18. The fraction of sp³-hybridized carbons (Fsp3) is 0.417. The Morgan fingerprint density at radius 3 is 2.28 bits per heavy atom. The summed E-state index contributed by atoms with van der Waals surface area (Å²) in [6, 6.07) is 6.27. The highest BCUT2D eigenvalue weighted by molar-refractivity contribution is 5.19. The Hall–Kier alpha value is -1.61. The lowest BCUT2D eigenvalue weighted by atomic mass is 10.1. The first kappa shape index (κ1) is 14.5. The molecule has 0 amide bonds. The van der Waals surface area contributed by atoms with Gasteiger partial charge in [0.1, 0.15) is 5.82 Å². The first-order valence-electron chi connectivity index (χ1n) is 5.29. The van der Waals surface area contributed by atoms with Gasteiger partial charge in [-0.3, -0.25) is 0 Å². The second kappa shape index (κ2) is 5.83. The van der Waals surface area contributed by atoms with Crippen LogP contribution in [0.2, 0.25) is 0 Å². The molecule has 0 saturated carbocycles. The molecule has 98 valence electrons. The number of hydrogen-bond donors (Lipinski definition) is 1. The van der Waals surface area contributed by atoms with E-state index in [1.54, 1.807) is 6.92 Å². The van der Waals surface area contributed by atoms with Crippen LogP contribution in [0.4, 0.5) is 17.6 Å². The second-order valence-corrected chi connectivity index (χ2v) is 3.90. The standard InChI is InChI=1S/C12H12F4N2/c1-8(9-2-4-11(13)5-3-9)18-7-10(6-17)12(14,15)16/h2-5,8,10,18H,7H2,1H3/t8-,10?/m1/s1. The van der Waals surface area contributed by atoms with Gasteiger partial charge in [0.15, 0.2) is 5.92 Å². The van der Waals surface area contributed by atoms with Crippen molar-refractivity contribution >= 4 is 0 Å². The van der Waals surface area contributed by atoms with Crippen LogP contribution >= 0.6 is 0 Å². The van der Waals surface area contributed by atoms with E-state index in [2.05, 4.69) is 5.32 Å². The zero-order valence-electron chi connectivity index (χ0n) is 9.63. The lowest BCUT2D eigenvalue weighted by molar-refractivity contribution is -0.157. The summed E-state index contributed by atoms with van der Waals surface area (Å²) in [5, 5.41) is 11.0.